The second-order valence-electron chi connectivity index (χ2n) is 9.05. The molecule has 0 amide bonds. The van der Waals surface area contributed by atoms with Crippen LogP contribution in [0, 0.1) is 0 Å². The number of fused-ring (bicyclic) bond motifs is 1. The summed E-state index contributed by atoms with van der Waals surface area (Å²) in [5.74, 6) is 0.803. The van der Waals surface area contributed by atoms with E-state index in [0.717, 1.165) is 22.0 Å². The van der Waals surface area contributed by atoms with Crippen molar-refractivity contribution in [2.45, 2.75) is 19.8 Å². The van der Waals surface area contributed by atoms with Crippen LogP contribution in [0.25, 0.3) is 10.8 Å². The van der Waals surface area contributed by atoms with Crippen molar-refractivity contribution < 1.29 is 9.53 Å². The number of benzene rings is 3. The minimum atomic E-state index is -0.429. The smallest absolute Gasteiger partial charge is 0.365 e. The summed E-state index contributed by atoms with van der Waals surface area (Å²) in [4.78, 5) is 25.9. The van der Waals surface area contributed by atoms with Crippen LogP contribution in [0.1, 0.15) is 30.9 Å². The Bertz CT molecular complexity index is 1340. The summed E-state index contributed by atoms with van der Waals surface area (Å²) in [6.07, 6.45) is 1.79. The standard InChI is InChI=1S/C28H29N5O2/c1-19(2)21-10-5-6-13-24(21)31-28(29)33-16-14-32(15-17-33)18-25-27(34)35-26(30-25)23-12-7-9-20-8-3-4-11-22(20)23/h3-13,18-19H,14-17H2,1-2H3,(H2,29,31)/b25-18+. The second-order valence-corrected chi connectivity index (χ2v) is 9.05. The maximum Gasteiger partial charge on any atom is 0.365 e. The summed E-state index contributed by atoms with van der Waals surface area (Å²) in [6.45, 7) is 7.13. The van der Waals surface area contributed by atoms with E-state index in [2.05, 4.69) is 34.7 Å². The van der Waals surface area contributed by atoms with Crippen LogP contribution in [-0.2, 0) is 9.53 Å². The Balaban J connectivity index is 1.28. The van der Waals surface area contributed by atoms with Crippen molar-refractivity contribution in [1.82, 2.24) is 9.80 Å². The molecule has 1 saturated heterocycles. The van der Waals surface area contributed by atoms with E-state index >= 15 is 0 Å². The third kappa shape index (κ3) is 4.75. The first kappa shape index (κ1) is 22.7. The van der Waals surface area contributed by atoms with Crippen LogP contribution in [0.4, 0.5) is 5.69 Å². The fourth-order valence-corrected chi connectivity index (χ4v) is 4.45. The number of cyclic esters (lactones) is 1. The number of guanidine groups is 1. The van der Waals surface area contributed by atoms with E-state index in [1.807, 2.05) is 60.7 Å². The SMILES string of the molecule is CC(C)c1ccccc1N=C(N)N1CCN(/C=C2/N=C(c3cccc4ccccc34)OC2=O)CC1. The molecule has 2 aliphatic rings. The number of hydrogen-bond acceptors (Lipinski definition) is 5. The lowest BCUT2D eigenvalue weighted by atomic mass is 10.0. The molecule has 0 saturated carbocycles. The van der Waals surface area contributed by atoms with E-state index in [-0.39, 0.29) is 0 Å². The van der Waals surface area contributed by atoms with Crippen LogP contribution in [0.3, 0.4) is 0 Å². The number of aliphatic imine (C=N–C) groups is 2. The molecule has 178 valence electrons. The van der Waals surface area contributed by atoms with E-state index in [1.165, 1.54) is 5.56 Å². The van der Waals surface area contributed by atoms with Crippen LogP contribution < -0.4 is 5.73 Å². The molecule has 2 aliphatic heterocycles. The van der Waals surface area contributed by atoms with Gasteiger partial charge in [0.05, 0.1) is 5.69 Å². The van der Waals surface area contributed by atoms with Crippen LogP contribution in [0.2, 0.25) is 0 Å². The minimum Gasteiger partial charge on any atom is -0.402 e. The van der Waals surface area contributed by atoms with Crippen molar-refractivity contribution in [2.24, 2.45) is 15.7 Å². The van der Waals surface area contributed by atoms with Crippen molar-refractivity contribution in [3.63, 3.8) is 0 Å². The fourth-order valence-electron chi connectivity index (χ4n) is 4.45. The molecule has 35 heavy (non-hydrogen) atoms. The van der Waals surface area contributed by atoms with Gasteiger partial charge in [0.15, 0.2) is 11.7 Å². The van der Waals surface area contributed by atoms with Crippen LogP contribution >= 0.6 is 0 Å². The zero-order valence-corrected chi connectivity index (χ0v) is 20.0. The van der Waals surface area contributed by atoms with E-state index in [1.54, 1.807) is 6.20 Å². The van der Waals surface area contributed by atoms with Crippen molar-refractivity contribution in [1.29, 1.82) is 0 Å². The Morgan fingerprint density at radius 1 is 1.00 bits per heavy atom. The minimum absolute atomic E-state index is 0.314. The third-order valence-corrected chi connectivity index (χ3v) is 6.38. The van der Waals surface area contributed by atoms with Gasteiger partial charge in [-0.1, -0.05) is 68.4 Å². The van der Waals surface area contributed by atoms with E-state index < -0.39 is 5.97 Å². The van der Waals surface area contributed by atoms with Gasteiger partial charge in [0, 0.05) is 37.9 Å². The van der Waals surface area contributed by atoms with Gasteiger partial charge in [0.25, 0.3) is 0 Å². The summed E-state index contributed by atoms with van der Waals surface area (Å²) in [5, 5.41) is 2.08. The third-order valence-electron chi connectivity index (χ3n) is 6.38. The number of carbonyl (C=O) groups excluding carboxylic acids is 1. The first-order chi connectivity index (χ1) is 17.0. The molecule has 0 spiro atoms. The van der Waals surface area contributed by atoms with Gasteiger partial charge in [-0.3, -0.25) is 0 Å². The van der Waals surface area contributed by atoms with Crippen molar-refractivity contribution in [2.75, 3.05) is 26.2 Å². The second kappa shape index (κ2) is 9.62. The zero-order chi connectivity index (χ0) is 24.4. The molecule has 0 atom stereocenters. The van der Waals surface area contributed by atoms with Gasteiger partial charge in [0.1, 0.15) is 0 Å². The number of rotatable bonds is 4. The molecule has 7 nitrogen and oxygen atoms in total. The number of nitrogens with zero attached hydrogens (tertiary/aromatic N) is 4. The molecule has 3 aromatic rings. The largest absolute Gasteiger partial charge is 0.402 e. The molecule has 0 aromatic heterocycles. The molecule has 7 heteroatoms. The molecule has 2 heterocycles. The van der Waals surface area contributed by atoms with Gasteiger partial charge >= 0.3 is 5.97 Å². The Hall–Kier alpha value is -4.13. The molecular formula is C28H29N5O2. The molecule has 0 radical (unpaired) electrons. The highest BCUT2D eigenvalue weighted by molar-refractivity contribution is 6.16. The number of piperazine rings is 1. The first-order valence-electron chi connectivity index (χ1n) is 11.9. The Morgan fingerprint density at radius 2 is 1.71 bits per heavy atom. The highest BCUT2D eigenvalue weighted by atomic mass is 16.6. The summed E-state index contributed by atoms with van der Waals surface area (Å²) in [5.41, 5.74) is 9.57. The predicted octanol–water partition coefficient (Wildman–Crippen LogP) is 4.37. The molecule has 0 bridgehead atoms. The summed E-state index contributed by atoms with van der Waals surface area (Å²) in [7, 11) is 0. The Kier molecular flexibility index (Phi) is 6.23. The first-order valence-corrected chi connectivity index (χ1v) is 11.9. The molecule has 0 aliphatic carbocycles. The van der Waals surface area contributed by atoms with Crippen LogP contribution in [0.15, 0.2) is 88.6 Å². The molecule has 5 rings (SSSR count). The molecule has 2 N–H and O–H groups in total. The van der Waals surface area contributed by atoms with Gasteiger partial charge < -0.3 is 20.3 Å². The van der Waals surface area contributed by atoms with E-state index in [9.17, 15) is 4.79 Å². The average Bonchev–Trinajstić information content (AvgIpc) is 3.24. The van der Waals surface area contributed by atoms with Gasteiger partial charge in [-0.2, -0.15) is 0 Å². The molecule has 3 aromatic carbocycles. The van der Waals surface area contributed by atoms with Crippen molar-refractivity contribution >= 4 is 34.3 Å². The van der Waals surface area contributed by atoms with Gasteiger partial charge in [-0.15, -0.1) is 0 Å². The van der Waals surface area contributed by atoms with Crippen LogP contribution in [0.5, 0.6) is 0 Å². The summed E-state index contributed by atoms with van der Waals surface area (Å²) < 4.78 is 5.53. The highest BCUT2D eigenvalue weighted by Crippen LogP contribution is 2.27. The van der Waals surface area contributed by atoms with E-state index in [4.69, 9.17) is 15.5 Å². The number of esters is 1. The predicted molar refractivity (Wildman–Crippen MR) is 140 cm³/mol. The number of hydrogen-bond donors (Lipinski definition) is 1. The highest BCUT2D eigenvalue weighted by Gasteiger charge is 2.27. The fraction of sp³-hybridized carbons (Fsp3) is 0.250. The van der Waals surface area contributed by atoms with Gasteiger partial charge in [-0.25, -0.2) is 14.8 Å². The normalized spacial score (nSPS) is 17.9. The molecular weight excluding hydrogens is 438 g/mol. The monoisotopic (exact) mass is 467 g/mol. The maximum atomic E-state index is 12.5. The topological polar surface area (TPSA) is 83.5 Å². The number of para-hydroxylation sites is 1. The quantitative estimate of drug-likeness (QED) is 0.267. The lowest BCUT2D eigenvalue weighted by Gasteiger charge is -2.34. The summed E-state index contributed by atoms with van der Waals surface area (Å²) >= 11 is 0. The zero-order valence-electron chi connectivity index (χ0n) is 20.0. The molecule has 0 unspecified atom stereocenters. The Labute approximate surface area is 205 Å². The number of ether oxygens (including phenoxy) is 1. The average molecular weight is 468 g/mol. The van der Waals surface area contributed by atoms with Crippen molar-refractivity contribution in [3.8, 4) is 0 Å². The lowest BCUT2D eigenvalue weighted by molar-refractivity contribution is -0.130. The van der Waals surface area contributed by atoms with E-state index in [0.29, 0.717) is 49.7 Å². The Morgan fingerprint density at radius 3 is 2.51 bits per heavy atom. The van der Waals surface area contributed by atoms with Crippen molar-refractivity contribution in [3.05, 3.63) is 89.8 Å². The number of nitrogens with two attached hydrogens (primary N) is 1. The maximum absolute atomic E-state index is 12.5. The van der Waals surface area contributed by atoms with Crippen LogP contribution in [-0.4, -0.2) is 53.8 Å². The van der Waals surface area contributed by atoms with Gasteiger partial charge in [-0.05, 0) is 34.4 Å². The number of carbonyl (C=O) groups is 1. The lowest BCUT2D eigenvalue weighted by Crippen LogP contribution is -2.49. The summed E-state index contributed by atoms with van der Waals surface area (Å²) in [6, 6.07) is 22.0. The van der Waals surface area contributed by atoms with Gasteiger partial charge in [0.2, 0.25) is 5.90 Å². The molecule has 1 fully saturated rings.